The zero-order chi connectivity index (χ0) is 22.0. The summed E-state index contributed by atoms with van der Waals surface area (Å²) in [4.78, 5) is 20.1. The number of aryl methyl sites for hydroxylation is 2. The van der Waals surface area contributed by atoms with Crippen molar-refractivity contribution in [1.29, 1.82) is 0 Å². The van der Waals surface area contributed by atoms with Crippen molar-refractivity contribution in [3.63, 3.8) is 0 Å². The topological polar surface area (TPSA) is 103 Å². The molecule has 0 saturated heterocycles. The van der Waals surface area contributed by atoms with Crippen molar-refractivity contribution in [3.8, 4) is 17.0 Å². The van der Waals surface area contributed by atoms with E-state index in [0.717, 1.165) is 39.2 Å². The Hall–Kier alpha value is -3.87. The number of ether oxygens (including phenoxy) is 1. The molecule has 0 bridgehead atoms. The van der Waals surface area contributed by atoms with Crippen LogP contribution in [0, 0.1) is 13.8 Å². The number of hydrogen-bond donors (Lipinski definition) is 2. The molecule has 1 unspecified atom stereocenters. The Bertz CT molecular complexity index is 1250. The quantitative estimate of drug-likeness (QED) is 0.458. The van der Waals surface area contributed by atoms with E-state index in [-0.39, 0.29) is 12.6 Å². The molecule has 0 aliphatic carbocycles. The molecule has 4 aromatic rings. The van der Waals surface area contributed by atoms with Gasteiger partial charge in [-0.05, 0) is 62.2 Å². The van der Waals surface area contributed by atoms with Crippen molar-refractivity contribution in [2.45, 2.75) is 26.8 Å². The van der Waals surface area contributed by atoms with E-state index in [9.17, 15) is 4.79 Å². The van der Waals surface area contributed by atoms with E-state index < -0.39 is 5.91 Å². The Kier molecular flexibility index (Phi) is 5.58. The van der Waals surface area contributed by atoms with Gasteiger partial charge in [0.2, 0.25) is 0 Å². The molecule has 2 aromatic carbocycles. The number of nitrogens with two attached hydrogens (primary N) is 1. The Labute approximate surface area is 180 Å². The first kappa shape index (κ1) is 20.4. The van der Waals surface area contributed by atoms with E-state index in [0.29, 0.717) is 11.6 Å². The highest BCUT2D eigenvalue weighted by Gasteiger charge is 2.12. The largest absolute Gasteiger partial charge is 0.484 e. The Morgan fingerprint density at radius 1 is 1.16 bits per heavy atom. The molecule has 7 nitrogen and oxygen atoms in total. The van der Waals surface area contributed by atoms with Crippen LogP contribution in [-0.2, 0) is 4.79 Å². The number of rotatable bonds is 7. The number of carbonyl (C=O) groups is 1. The second kappa shape index (κ2) is 8.47. The first-order valence-corrected chi connectivity index (χ1v) is 10.0. The summed E-state index contributed by atoms with van der Waals surface area (Å²) in [7, 11) is 0. The molecule has 31 heavy (non-hydrogen) atoms. The lowest BCUT2D eigenvalue weighted by Crippen LogP contribution is -2.20. The molecular weight excluding hydrogens is 392 g/mol. The summed E-state index contributed by atoms with van der Waals surface area (Å²) in [5.41, 5.74) is 9.94. The maximum atomic E-state index is 11.0. The number of nitrogens with zero attached hydrogens (tertiary/aromatic N) is 2. The third-order valence-electron chi connectivity index (χ3n) is 5.00. The van der Waals surface area contributed by atoms with Gasteiger partial charge in [0.25, 0.3) is 5.91 Å². The van der Waals surface area contributed by atoms with Crippen LogP contribution in [0.15, 0.2) is 59.2 Å². The molecule has 7 heteroatoms. The third-order valence-corrected chi connectivity index (χ3v) is 5.00. The molecule has 3 N–H and O–H groups in total. The number of amides is 1. The van der Waals surface area contributed by atoms with E-state index in [4.69, 9.17) is 14.9 Å². The van der Waals surface area contributed by atoms with Crippen LogP contribution in [0.4, 0.5) is 5.82 Å². The predicted molar refractivity (Wildman–Crippen MR) is 120 cm³/mol. The van der Waals surface area contributed by atoms with Crippen LogP contribution in [0.1, 0.15) is 29.9 Å². The highest BCUT2D eigenvalue weighted by Crippen LogP contribution is 2.29. The van der Waals surface area contributed by atoms with Gasteiger partial charge >= 0.3 is 0 Å². The number of benzene rings is 2. The maximum absolute atomic E-state index is 11.0. The molecule has 0 spiro atoms. The van der Waals surface area contributed by atoms with Crippen LogP contribution < -0.4 is 15.8 Å². The monoisotopic (exact) mass is 416 g/mol. The molecule has 0 aliphatic heterocycles. The molecule has 4 rings (SSSR count). The first-order chi connectivity index (χ1) is 14.9. The Morgan fingerprint density at radius 3 is 2.81 bits per heavy atom. The average Bonchev–Trinajstić information content (AvgIpc) is 3.12. The van der Waals surface area contributed by atoms with Gasteiger partial charge in [0.15, 0.2) is 6.61 Å². The molecule has 2 aromatic heterocycles. The number of furan rings is 1. The fourth-order valence-corrected chi connectivity index (χ4v) is 3.44. The zero-order valence-electron chi connectivity index (χ0n) is 17.7. The van der Waals surface area contributed by atoms with Crippen LogP contribution >= 0.6 is 0 Å². The molecule has 0 aliphatic rings. The highest BCUT2D eigenvalue weighted by molar-refractivity contribution is 5.85. The molecule has 0 radical (unpaired) electrons. The van der Waals surface area contributed by atoms with Gasteiger partial charge in [-0.2, -0.15) is 0 Å². The summed E-state index contributed by atoms with van der Waals surface area (Å²) in [6, 6.07) is 15.5. The van der Waals surface area contributed by atoms with Gasteiger partial charge in [-0.25, -0.2) is 9.97 Å². The van der Waals surface area contributed by atoms with Crippen molar-refractivity contribution in [3.05, 3.63) is 71.7 Å². The standard InChI is InChI=1S/C24H24N4O3/c1-14-12-31-22-8-7-18(10-20(14)22)21-11-24(28-16(3)27-21)26-15(2)17-5-4-6-19(9-17)30-13-23(25)29/h4-12,15H,13H2,1-3H3,(H2,25,29)(H,26,27,28). The van der Waals surface area contributed by atoms with E-state index >= 15 is 0 Å². The summed E-state index contributed by atoms with van der Waals surface area (Å²) in [6.45, 7) is 5.78. The molecule has 1 atom stereocenters. The second-order valence-corrected chi connectivity index (χ2v) is 7.51. The normalized spacial score (nSPS) is 12.0. The number of primary amides is 1. The fraction of sp³-hybridized carbons (Fsp3) is 0.208. The smallest absolute Gasteiger partial charge is 0.255 e. The predicted octanol–water partition coefficient (Wildman–Crippen LogP) is 4.54. The van der Waals surface area contributed by atoms with Crippen LogP contribution in [-0.4, -0.2) is 22.5 Å². The molecule has 2 heterocycles. The van der Waals surface area contributed by atoms with Crippen molar-refractivity contribution >= 4 is 22.7 Å². The van der Waals surface area contributed by atoms with Crippen LogP contribution in [0.3, 0.4) is 0 Å². The van der Waals surface area contributed by atoms with Crippen molar-refractivity contribution in [2.24, 2.45) is 5.73 Å². The summed E-state index contributed by atoms with van der Waals surface area (Å²) in [5, 5.41) is 4.50. The Morgan fingerprint density at radius 2 is 2.00 bits per heavy atom. The number of anilines is 1. The van der Waals surface area contributed by atoms with Crippen molar-refractivity contribution < 1.29 is 13.9 Å². The number of carbonyl (C=O) groups excluding carboxylic acids is 1. The molecular formula is C24H24N4O3. The average molecular weight is 416 g/mol. The number of hydrogen-bond acceptors (Lipinski definition) is 6. The zero-order valence-corrected chi connectivity index (χ0v) is 17.7. The lowest BCUT2D eigenvalue weighted by atomic mass is 10.1. The van der Waals surface area contributed by atoms with Crippen LogP contribution in [0.25, 0.3) is 22.2 Å². The van der Waals surface area contributed by atoms with Gasteiger partial charge in [-0.3, -0.25) is 4.79 Å². The van der Waals surface area contributed by atoms with Crippen LogP contribution in [0.2, 0.25) is 0 Å². The van der Waals surface area contributed by atoms with Crippen LogP contribution in [0.5, 0.6) is 5.75 Å². The minimum Gasteiger partial charge on any atom is -0.484 e. The molecule has 1 amide bonds. The SMILES string of the molecule is Cc1nc(NC(C)c2cccc(OCC(N)=O)c2)cc(-c2ccc3occ(C)c3c2)n1. The minimum atomic E-state index is -0.510. The van der Waals surface area contributed by atoms with Crippen molar-refractivity contribution in [1.82, 2.24) is 9.97 Å². The molecule has 0 saturated carbocycles. The lowest BCUT2D eigenvalue weighted by Gasteiger charge is -2.17. The van der Waals surface area contributed by atoms with E-state index in [1.807, 2.05) is 57.2 Å². The summed E-state index contributed by atoms with van der Waals surface area (Å²) < 4.78 is 11.0. The van der Waals surface area contributed by atoms with Gasteiger partial charge < -0.3 is 20.2 Å². The number of nitrogens with one attached hydrogen (secondary N) is 1. The molecule has 0 fully saturated rings. The van der Waals surface area contributed by atoms with Crippen molar-refractivity contribution in [2.75, 3.05) is 11.9 Å². The van der Waals surface area contributed by atoms with Gasteiger partial charge in [0, 0.05) is 17.0 Å². The lowest BCUT2D eigenvalue weighted by molar-refractivity contribution is -0.119. The van der Waals surface area contributed by atoms with Gasteiger partial charge in [0.1, 0.15) is 23.0 Å². The number of fused-ring (bicyclic) bond motifs is 1. The second-order valence-electron chi connectivity index (χ2n) is 7.51. The number of aromatic nitrogens is 2. The van der Waals surface area contributed by atoms with E-state index in [1.165, 1.54) is 0 Å². The first-order valence-electron chi connectivity index (χ1n) is 10.0. The van der Waals surface area contributed by atoms with Gasteiger partial charge in [0.05, 0.1) is 18.0 Å². The highest BCUT2D eigenvalue weighted by atomic mass is 16.5. The van der Waals surface area contributed by atoms with Gasteiger partial charge in [-0.1, -0.05) is 12.1 Å². The summed E-state index contributed by atoms with van der Waals surface area (Å²) >= 11 is 0. The Balaban J connectivity index is 1.57. The minimum absolute atomic E-state index is 0.0436. The summed E-state index contributed by atoms with van der Waals surface area (Å²) in [6.07, 6.45) is 1.76. The third kappa shape index (κ3) is 4.66. The van der Waals surface area contributed by atoms with Gasteiger partial charge in [-0.15, -0.1) is 0 Å². The summed E-state index contributed by atoms with van der Waals surface area (Å²) in [5.74, 6) is 1.48. The van der Waals surface area contributed by atoms with E-state index in [2.05, 4.69) is 21.4 Å². The fourth-order valence-electron chi connectivity index (χ4n) is 3.44. The molecule has 158 valence electrons. The van der Waals surface area contributed by atoms with E-state index in [1.54, 1.807) is 12.3 Å². The maximum Gasteiger partial charge on any atom is 0.255 e.